The van der Waals surface area contributed by atoms with E-state index in [9.17, 15) is 0 Å². The van der Waals surface area contributed by atoms with E-state index in [0.29, 0.717) is 5.92 Å². The lowest BCUT2D eigenvalue weighted by Crippen LogP contribution is -2.36. The summed E-state index contributed by atoms with van der Waals surface area (Å²) in [4.78, 5) is 4.35. The smallest absolute Gasteiger partial charge is 0.182 e. The Balaban J connectivity index is 2.36. The summed E-state index contributed by atoms with van der Waals surface area (Å²) < 4.78 is 0. The van der Waals surface area contributed by atoms with Gasteiger partial charge in [0, 0.05) is 18.0 Å². The van der Waals surface area contributed by atoms with E-state index in [2.05, 4.69) is 24.1 Å². The average Bonchev–Trinajstić information content (AvgIpc) is 2.63. The predicted octanol–water partition coefficient (Wildman–Crippen LogP) is 2.63. The molecule has 1 rings (SSSR count). The molecule has 0 bridgehead atoms. The minimum atomic E-state index is 0.226. The van der Waals surface area contributed by atoms with Crippen LogP contribution < -0.4 is 11.1 Å². The number of hydrogen-bond acceptors (Lipinski definition) is 4. The van der Waals surface area contributed by atoms with Gasteiger partial charge in [0.15, 0.2) is 5.13 Å². The molecule has 1 aromatic rings. The third-order valence-electron chi connectivity index (χ3n) is 2.76. The number of nitrogens with zero attached hydrogens (tertiary/aromatic N) is 1. The number of aryl methyl sites for hydroxylation is 1. The Kier molecular flexibility index (Phi) is 5.05. The first-order valence-electron chi connectivity index (χ1n) is 5.58. The standard InChI is InChI=1S/C11H21N3S/c1-4-9(5-2)10(12)6-13-11-14-8(3)7-15-11/h7,9-10H,4-6,12H2,1-3H3,(H,13,14). The molecule has 1 heterocycles. The first kappa shape index (κ1) is 12.5. The highest BCUT2D eigenvalue weighted by atomic mass is 32.1. The van der Waals surface area contributed by atoms with Gasteiger partial charge in [-0.2, -0.15) is 0 Å². The maximum absolute atomic E-state index is 6.11. The van der Waals surface area contributed by atoms with Gasteiger partial charge in [-0.3, -0.25) is 0 Å². The molecule has 0 radical (unpaired) electrons. The van der Waals surface area contributed by atoms with Gasteiger partial charge in [-0.25, -0.2) is 4.98 Å². The summed E-state index contributed by atoms with van der Waals surface area (Å²) in [6.07, 6.45) is 2.30. The molecule has 0 aromatic carbocycles. The van der Waals surface area contributed by atoms with Crippen molar-refractivity contribution in [3.8, 4) is 0 Å². The van der Waals surface area contributed by atoms with Crippen LogP contribution in [0.25, 0.3) is 0 Å². The van der Waals surface area contributed by atoms with E-state index >= 15 is 0 Å². The van der Waals surface area contributed by atoms with Crippen molar-refractivity contribution in [2.24, 2.45) is 11.7 Å². The second kappa shape index (κ2) is 6.08. The van der Waals surface area contributed by atoms with Gasteiger partial charge in [-0.15, -0.1) is 11.3 Å². The molecule has 0 saturated heterocycles. The van der Waals surface area contributed by atoms with Crippen LogP contribution in [0.3, 0.4) is 0 Å². The van der Waals surface area contributed by atoms with Gasteiger partial charge in [0.05, 0.1) is 5.69 Å². The average molecular weight is 227 g/mol. The van der Waals surface area contributed by atoms with Gasteiger partial charge in [0.2, 0.25) is 0 Å². The zero-order chi connectivity index (χ0) is 11.3. The Hall–Kier alpha value is -0.610. The number of thiazole rings is 1. The van der Waals surface area contributed by atoms with Crippen LogP contribution in [0.5, 0.6) is 0 Å². The molecule has 1 atom stereocenters. The molecule has 0 aliphatic carbocycles. The zero-order valence-electron chi connectivity index (χ0n) is 9.79. The monoisotopic (exact) mass is 227 g/mol. The van der Waals surface area contributed by atoms with Crippen molar-refractivity contribution < 1.29 is 0 Å². The molecular formula is C11H21N3S. The van der Waals surface area contributed by atoms with E-state index in [1.165, 1.54) is 0 Å². The second-order valence-electron chi connectivity index (χ2n) is 3.92. The fraction of sp³-hybridized carbons (Fsp3) is 0.727. The van der Waals surface area contributed by atoms with Crippen molar-refractivity contribution in [2.75, 3.05) is 11.9 Å². The Bertz CT molecular complexity index is 281. The van der Waals surface area contributed by atoms with E-state index in [-0.39, 0.29) is 6.04 Å². The highest BCUT2D eigenvalue weighted by molar-refractivity contribution is 7.13. The molecular weight excluding hydrogens is 206 g/mol. The summed E-state index contributed by atoms with van der Waals surface area (Å²) in [5.74, 6) is 0.610. The lowest BCUT2D eigenvalue weighted by molar-refractivity contribution is 0.407. The maximum Gasteiger partial charge on any atom is 0.182 e. The summed E-state index contributed by atoms with van der Waals surface area (Å²) in [5, 5.41) is 6.32. The van der Waals surface area contributed by atoms with Crippen LogP contribution in [-0.4, -0.2) is 17.6 Å². The number of nitrogens with one attached hydrogen (secondary N) is 1. The molecule has 0 aliphatic heterocycles. The topological polar surface area (TPSA) is 50.9 Å². The fourth-order valence-corrected chi connectivity index (χ4v) is 2.40. The number of hydrogen-bond donors (Lipinski definition) is 2. The summed E-state index contributed by atoms with van der Waals surface area (Å²) in [5.41, 5.74) is 7.18. The first-order chi connectivity index (χ1) is 7.17. The number of anilines is 1. The molecule has 0 amide bonds. The Labute approximate surface area is 96.1 Å². The number of rotatable bonds is 6. The number of aromatic nitrogens is 1. The summed E-state index contributed by atoms with van der Waals surface area (Å²) in [6.45, 7) is 7.21. The van der Waals surface area contributed by atoms with Crippen molar-refractivity contribution in [2.45, 2.75) is 39.7 Å². The number of nitrogens with two attached hydrogens (primary N) is 1. The molecule has 15 heavy (non-hydrogen) atoms. The summed E-state index contributed by atoms with van der Waals surface area (Å²) >= 11 is 1.64. The Morgan fingerprint density at radius 3 is 2.60 bits per heavy atom. The Morgan fingerprint density at radius 2 is 2.13 bits per heavy atom. The fourth-order valence-electron chi connectivity index (χ4n) is 1.70. The van der Waals surface area contributed by atoms with Gasteiger partial charge in [-0.1, -0.05) is 26.7 Å². The highest BCUT2D eigenvalue weighted by Gasteiger charge is 2.13. The van der Waals surface area contributed by atoms with Gasteiger partial charge < -0.3 is 11.1 Å². The first-order valence-corrected chi connectivity index (χ1v) is 6.46. The third kappa shape index (κ3) is 3.80. The molecule has 1 aromatic heterocycles. The molecule has 0 spiro atoms. The maximum atomic E-state index is 6.11. The van der Waals surface area contributed by atoms with Crippen molar-refractivity contribution in [3.63, 3.8) is 0 Å². The minimum Gasteiger partial charge on any atom is -0.360 e. The van der Waals surface area contributed by atoms with Gasteiger partial charge >= 0.3 is 0 Å². The SMILES string of the molecule is CCC(CC)C(N)CNc1nc(C)cs1. The zero-order valence-corrected chi connectivity index (χ0v) is 10.6. The van der Waals surface area contributed by atoms with E-state index in [1.54, 1.807) is 11.3 Å². The molecule has 0 saturated carbocycles. The van der Waals surface area contributed by atoms with E-state index < -0.39 is 0 Å². The quantitative estimate of drug-likeness (QED) is 0.785. The summed E-state index contributed by atoms with van der Waals surface area (Å²) in [6, 6.07) is 0.226. The largest absolute Gasteiger partial charge is 0.360 e. The van der Waals surface area contributed by atoms with Crippen molar-refractivity contribution in [1.82, 2.24) is 4.98 Å². The molecule has 0 fully saturated rings. The van der Waals surface area contributed by atoms with Crippen molar-refractivity contribution in [1.29, 1.82) is 0 Å². The molecule has 3 N–H and O–H groups in total. The van der Waals surface area contributed by atoms with Crippen LogP contribution >= 0.6 is 11.3 Å². The minimum absolute atomic E-state index is 0.226. The lowest BCUT2D eigenvalue weighted by atomic mass is 9.95. The van der Waals surface area contributed by atoms with Crippen molar-refractivity contribution >= 4 is 16.5 Å². The molecule has 1 unspecified atom stereocenters. The van der Waals surface area contributed by atoms with Gasteiger partial charge in [0.1, 0.15) is 0 Å². The van der Waals surface area contributed by atoms with Crippen LogP contribution in [-0.2, 0) is 0 Å². The van der Waals surface area contributed by atoms with Crippen LogP contribution in [0.15, 0.2) is 5.38 Å². The molecule has 86 valence electrons. The van der Waals surface area contributed by atoms with Gasteiger partial charge in [-0.05, 0) is 12.8 Å². The van der Waals surface area contributed by atoms with Crippen LogP contribution in [0.1, 0.15) is 32.4 Å². The Morgan fingerprint density at radius 1 is 1.47 bits per heavy atom. The summed E-state index contributed by atoms with van der Waals surface area (Å²) in [7, 11) is 0. The van der Waals surface area contributed by atoms with Crippen LogP contribution in [0.2, 0.25) is 0 Å². The van der Waals surface area contributed by atoms with Gasteiger partial charge in [0.25, 0.3) is 0 Å². The molecule has 4 heteroatoms. The molecule has 3 nitrogen and oxygen atoms in total. The predicted molar refractivity (Wildman–Crippen MR) is 67.4 cm³/mol. The van der Waals surface area contributed by atoms with Crippen LogP contribution in [0.4, 0.5) is 5.13 Å². The molecule has 0 aliphatic rings. The normalized spacial score (nSPS) is 13.1. The van der Waals surface area contributed by atoms with E-state index in [4.69, 9.17) is 5.73 Å². The lowest BCUT2D eigenvalue weighted by Gasteiger charge is -2.21. The highest BCUT2D eigenvalue weighted by Crippen LogP contribution is 2.16. The van der Waals surface area contributed by atoms with Crippen LogP contribution in [0, 0.1) is 12.8 Å². The van der Waals surface area contributed by atoms with E-state index in [1.807, 2.05) is 12.3 Å². The van der Waals surface area contributed by atoms with E-state index in [0.717, 1.165) is 30.2 Å². The third-order valence-corrected chi connectivity index (χ3v) is 3.68. The van der Waals surface area contributed by atoms with Crippen molar-refractivity contribution in [3.05, 3.63) is 11.1 Å². The second-order valence-corrected chi connectivity index (χ2v) is 4.77.